The van der Waals surface area contributed by atoms with Crippen molar-refractivity contribution in [1.82, 2.24) is 14.8 Å². The quantitative estimate of drug-likeness (QED) is 0.857. The lowest BCUT2D eigenvalue weighted by atomic mass is 9.82. The fourth-order valence-electron chi connectivity index (χ4n) is 3.73. The van der Waals surface area contributed by atoms with Crippen molar-refractivity contribution < 1.29 is 9.53 Å². The fraction of sp³-hybridized carbons (Fsp3) is 0.625. The van der Waals surface area contributed by atoms with Crippen molar-refractivity contribution in [2.24, 2.45) is 11.3 Å². The average Bonchev–Trinajstić information content (AvgIpc) is 3.02. The van der Waals surface area contributed by atoms with Gasteiger partial charge in [0.1, 0.15) is 0 Å². The van der Waals surface area contributed by atoms with Crippen LogP contribution in [0.1, 0.15) is 19.3 Å². The Morgan fingerprint density at radius 3 is 3.10 bits per heavy atom. The maximum absolute atomic E-state index is 12.2. The summed E-state index contributed by atoms with van der Waals surface area (Å²) < 4.78 is 5.92. The summed E-state index contributed by atoms with van der Waals surface area (Å²) in [6, 6.07) is 5.82. The number of rotatable bonds is 3. The van der Waals surface area contributed by atoms with E-state index in [1.165, 1.54) is 12.8 Å². The molecule has 1 saturated heterocycles. The van der Waals surface area contributed by atoms with Gasteiger partial charge in [-0.25, -0.2) is 9.78 Å². The maximum atomic E-state index is 12.2. The molecule has 0 bridgehead atoms. The molecule has 1 aromatic rings. The molecule has 2 heterocycles. The van der Waals surface area contributed by atoms with E-state index in [1.54, 1.807) is 11.1 Å². The normalized spacial score (nSPS) is 27.5. The first kappa shape index (κ1) is 14.2. The largest absolute Gasteiger partial charge is 0.477 e. The molecule has 1 aliphatic heterocycles. The van der Waals surface area contributed by atoms with Gasteiger partial charge in [0.05, 0.1) is 6.61 Å². The average molecular weight is 289 g/mol. The van der Waals surface area contributed by atoms with Crippen LogP contribution in [-0.2, 0) is 0 Å². The van der Waals surface area contributed by atoms with Gasteiger partial charge in [0.2, 0.25) is 5.88 Å². The highest BCUT2D eigenvalue weighted by Crippen LogP contribution is 2.48. The van der Waals surface area contributed by atoms with Crippen LogP contribution in [-0.4, -0.2) is 54.6 Å². The highest BCUT2D eigenvalue weighted by molar-refractivity contribution is 5.74. The van der Waals surface area contributed by atoms with Crippen LogP contribution in [0.5, 0.6) is 5.88 Å². The van der Waals surface area contributed by atoms with Crippen molar-refractivity contribution >= 4 is 6.03 Å². The van der Waals surface area contributed by atoms with Gasteiger partial charge in [0, 0.05) is 44.9 Å². The summed E-state index contributed by atoms with van der Waals surface area (Å²) >= 11 is 0. The summed E-state index contributed by atoms with van der Waals surface area (Å²) in [4.78, 5) is 20.1. The van der Waals surface area contributed by atoms with E-state index in [0.717, 1.165) is 19.5 Å². The molecule has 0 aromatic carbocycles. The molecular weight excluding hydrogens is 266 g/mol. The zero-order chi connectivity index (χ0) is 14.9. The molecule has 2 fully saturated rings. The zero-order valence-corrected chi connectivity index (χ0v) is 12.8. The Morgan fingerprint density at radius 2 is 2.38 bits per heavy atom. The topological polar surface area (TPSA) is 45.7 Å². The third-order valence-electron chi connectivity index (χ3n) is 4.84. The number of pyridine rings is 1. The van der Waals surface area contributed by atoms with Crippen molar-refractivity contribution in [2.45, 2.75) is 19.3 Å². The van der Waals surface area contributed by atoms with Gasteiger partial charge >= 0.3 is 6.03 Å². The maximum Gasteiger partial charge on any atom is 0.319 e. The minimum atomic E-state index is 0.113. The van der Waals surface area contributed by atoms with Gasteiger partial charge in [0.25, 0.3) is 0 Å². The van der Waals surface area contributed by atoms with Crippen molar-refractivity contribution in [1.29, 1.82) is 0 Å². The minimum absolute atomic E-state index is 0.113. The molecule has 3 rings (SSSR count). The van der Waals surface area contributed by atoms with E-state index in [1.807, 2.05) is 37.2 Å². The summed E-state index contributed by atoms with van der Waals surface area (Å²) in [5.74, 6) is 1.24. The van der Waals surface area contributed by atoms with E-state index in [4.69, 9.17) is 4.74 Å². The van der Waals surface area contributed by atoms with Crippen LogP contribution in [0.3, 0.4) is 0 Å². The first-order chi connectivity index (χ1) is 10.1. The van der Waals surface area contributed by atoms with Crippen LogP contribution in [0.25, 0.3) is 0 Å². The minimum Gasteiger partial charge on any atom is -0.477 e. The van der Waals surface area contributed by atoms with Crippen LogP contribution in [0.15, 0.2) is 24.4 Å². The Hall–Kier alpha value is -1.78. The molecule has 1 aliphatic carbocycles. The Kier molecular flexibility index (Phi) is 3.74. The lowest BCUT2D eigenvalue weighted by Crippen LogP contribution is -2.40. The summed E-state index contributed by atoms with van der Waals surface area (Å²) in [6.45, 7) is 2.33. The monoisotopic (exact) mass is 289 g/mol. The Bertz CT molecular complexity index is 506. The van der Waals surface area contributed by atoms with E-state index >= 15 is 0 Å². The second kappa shape index (κ2) is 5.54. The first-order valence-corrected chi connectivity index (χ1v) is 7.61. The molecule has 21 heavy (non-hydrogen) atoms. The Morgan fingerprint density at radius 1 is 1.52 bits per heavy atom. The molecule has 1 aromatic heterocycles. The van der Waals surface area contributed by atoms with Crippen LogP contribution in [0, 0.1) is 11.3 Å². The SMILES string of the molecule is CN(C)C(=O)N1C[C@H]2CCC[C@@]2(COc2ccccn2)C1. The van der Waals surface area contributed by atoms with Crippen molar-refractivity contribution in [2.75, 3.05) is 33.8 Å². The van der Waals surface area contributed by atoms with Crippen LogP contribution >= 0.6 is 0 Å². The number of amides is 2. The molecule has 2 aliphatic rings. The zero-order valence-electron chi connectivity index (χ0n) is 12.8. The molecular formula is C16H23N3O2. The highest BCUT2D eigenvalue weighted by atomic mass is 16.5. The van der Waals surface area contributed by atoms with E-state index in [9.17, 15) is 4.79 Å². The number of urea groups is 1. The molecule has 2 atom stereocenters. The molecule has 0 radical (unpaired) electrons. The number of fused-ring (bicyclic) bond motifs is 1. The number of carbonyl (C=O) groups excluding carboxylic acids is 1. The van der Waals surface area contributed by atoms with Gasteiger partial charge in [0.15, 0.2) is 0 Å². The van der Waals surface area contributed by atoms with E-state index in [-0.39, 0.29) is 11.4 Å². The van der Waals surface area contributed by atoms with E-state index in [0.29, 0.717) is 18.4 Å². The fourth-order valence-corrected chi connectivity index (χ4v) is 3.73. The third-order valence-corrected chi connectivity index (χ3v) is 4.84. The number of likely N-dealkylation sites (tertiary alicyclic amines) is 1. The smallest absolute Gasteiger partial charge is 0.319 e. The van der Waals surface area contributed by atoms with Gasteiger partial charge in [-0.2, -0.15) is 0 Å². The van der Waals surface area contributed by atoms with Gasteiger partial charge in [-0.05, 0) is 24.8 Å². The standard InChI is InChI=1S/C16H23N3O2/c1-18(2)15(20)19-10-13-6-5-8-16(13,11-19)12-21-14-7-3-4-9-17-14/h3-4,7,9,13H,5-6,8,10-12H2,1-2H3/t13-,16+/m1/s1. The second-order valence-corrected chi connectivity index (χ2v) is 6.47. The lowest BCUT2D eigenvalue weighted by molar-refractivity contribution is 0.123. The lowest BCUT2D eigenvalue weighted by Gasteiger charge is -2.29. The number of ether oxygens (including phenoxy) is 1. The number of hydrogen-bond donors (Lipinski definition) is 0. The molecule has 1 saturated carbocycles. The summed E-state index contributed by atoms with van der Waals surface area (Å²) in [5.41, 5.74) is 0.114. The van der Waals surface area contributed by atoms with Crippen molar-refractivity contribution in [3.63, 3.8) is 0 Å². The van der Waals surface area contributed by atoms with E-state index in [2.05, 4.69) is 4.98 Å². The van der Waals surface area contributed by atoms with Crippen LogP contribution in [0.2, 0.25) is 0 Å². The molecule has 0 unspecified atom stereocenters. The van der Waals surface area contributed by atoms with Crippen molar-refractivity contribution in [3.05, 3.63) is 24.4 Å². The summed E-state index contributed by atoms with van der Waals surface area (Å²) in [7, 11) is 3.63. The molecule has 114 valence electrons. The molecule has 0 spiro atoms. The molecule has 0 N–H and O–H groups in total. The Balaban J connectivity index is 1.68. The second-order valence-electron chi connectivity index (χ2n) is 6.47. The van der Waals surface area contributed by atoms with Crippen molar-refractivity contribution in [3.8, 4) is 5.88 Å². The number of nitrogens with zero attached hydrogens (tertiary/aromatic N) is 3. The van der Waals surface area contributed by atoms with Gasteiger partial charge in [-0.3, -0.25) is 0 Å². The predicted octanol–water partition coefficient (Wildman–Crippen LogP) is 2.24. The van der Waals surface area contributed by atoms with Gasteiger partial charge in [-0.15, -0.1) is 0 Å². The first-order valence-electron chi connectivity index (χ1n) is 7.61. The summed E-state index contributed by atoms with van der Waals surface area (Å²) in [5, 5.41) is 0. The summed E-state index contributed by atoms with van der Waals surface area (Å²) in [6.07, 6.45) is 5.32. The molecule has 5 heteroatoms. The predicted molar refractivity (Wildman–Crippen MR) is 80.2 cm³/mol. The van der Waals surface area contributed by atoms with Crippen LogP contribution in [0.4, 0.5) is 4.79 Å². The van der Waals surface area contributed by atoms with E-state index < -0.39 is 0 Å². The van der Waals surface area contributed by atoms with Gasteiger partial charge in [-0.1, -0.05) is 12.5 Å². The van der Waals surface area contributed by atoms with Gasteiger partial charge < -0.3 is 14.5 Å². The molecule has 2 amide bonds. The highest BCUT2D eigenvalue weighted by Gasteiger charge is 2.51. The molecule has 5 nitrogen and oxygen atoms in total. The number of aromatic nitrogens is 1. The third kappa shape index (κ3) is 2.69. The number of hydrogen-bond acceptors (Lipinski definition) is 3. The Labute approximate surface area is 125 Å². The van der Waals surface area contributed by atoms with Crippen LogP contribution < -0.4 is 4.74 Å². The number of carbonyl (C=O) groups is 1.